The van der Waals surface area contributed by atoms with E-state index in [1.807, 2.05) is 0 Å². The highest BCUT2D eigenvalue weighted by Gasteiger charge is 2.05. The maximum atomic E-state index is 12.1. The lowest BCUT2D eigenvalue weighted by molar-refractivity contribution is 0.248. The maximum Gasteiger partial charge on any atom is 0.319 e. The van der Waals surface area contributed by atoms with Gasteiger partial charge in [0.15, 0.2) is 0 Å². The van der Waals surface area contributed by atoms with Gasteiger partial charge in [-0.05, 0) is 30.7 Å². The van der Waals surface area contributed by atoms with Crippen molar-refractivity contribution in [3.05, 3.63) is 24.3 Å². The first-order valence-corrected chi connectivity index (χ1v) is 6.20. The van der Waals surface area contributed by atoms with E-state index in [1.165, 1.54) is 12.1 Å². The molecular formula is C11H14F2N2O2S. The molecule has 0 saturated carbocycles. The molecule has 0 bridgehead atoms. The molecule has 0 aromatic heterocycles. The van der Waals surface area contributed by atoms with Crippen molar-refractivity contribution in [3.63, 3.8) is 0 Å². The Hall–Kier alpha value is -1.34. The zero-order chi connectivity index (χ0) is 13.4. The van der Waals surface area contributed by atoms with E-state index in [4.69, 9.17) is 5.11 Å². The van der Waals surface area contributed by atoms with Crippen LogP contribution in [0.4, 0.5) is 19.3 Å². The fourth-order valence-corrected chi connectivity index (χ4v) is 1.67. The number of nitrogens with one attached hydrogen (secondary N) is 2. The molecule has 100 valence electrons. The standard InChI is InChI=1S/C11H14F2N2O2S/c12-10(13)18-9-4-2-8(3-5-9)15-11(17)14-6-1-7-16/h2-5,10,16H,1,6-7H2,(H2,14,15,17). The molecule has 3 N–H and O–H groups in total. The SMILES string of the molecule is O=C(NCCCO)Nc1ccc(SC(F)F)cc1. The number of halogens is 2. The van der Waals surface area contributed by atoms with E-state index in [9.17, 15) is 13.6 Å². The summed E-state index contributed by atoms with van der Waals surface area (Å²) in [7, 11) is 0. The number of hydrogen-bond donors (Lipinski definition) is 3. The van der Waals surface area contributed by atoms with Crippen molar-refractivity contribution < 1.29 is 18.7 Å². The number of urea groups is 1. The molecular weight excluding hydrogens is 262 g/mol. The minimum atomic E-state index is -2.45. The van der Waals surface area contributed by atoms with Crippen LogP contribution >= 0.6 is 11.8 Å². The molecule has 0 saturated heterocycles. The van der Waals surface area contributed by atoms with Crippen LogP contribution in [-0.4, -0.2) is 30.0 Å². The van der Waals surface area contributed by atoms with Gasteiger partial charge in [-0.2, -0.15) is 8.78 Å². The van der Waals surface area contributed by atoms with Gasteiger partial charge in [0, 0.05) is 23.7 Å². The third-order valence-electron chi connectivity index (χ3n) is 1.96. The monoisotopic (exact) mass is 276 g/mol. The van der Waals surface area contributed by atoms with Crippen molar-refractivity contribution in [2.75, 3.05) is 18.5 Å². The van der Waals surface area contributed by atoms with Gasteiger partial charge in [-0.25, -0.2) is 4.79 Å². The molecule has 18 heavy (non-hydrogen) atoms. The normalized spacial score (nSPS) is 10.4. The van der Waals surface area contributed by atoms with Gasteiger partial charge in [0.05, 0.1) is 0 Å². The number of amides is 2. The predicted molar refractivity (Wildman–Crippen MR) is 67.0 cm³/mol. The van der Waals surface area contributed by atoms with E-state index in [2.05, 4.69) is 10.6 Å². The van der Waals surface area contributed by atoms with Crippen LogP contribution in [0.5, 0.6) is 0 Å². The minimum absolute atomic E-state index is 0.0137. The van der Waals surface area contributed by atoms with Crippen LogP contribution < -0.4 is 10.6 Å². The molecule has 0 aliphatic heterocycles. The van der Waals surface area contributed by atoms with Crippen LogP contribution in [0.2, 0.25) is 0 Å². The van der Waals surface area contributed by atoms with Gasteiger partial charge < -0.3 is 15.7 Å². The lowest BCUT2D eigenvalue weighted by Crippen LogP contribution is -2.29. The summed E-state index contributed by atoms with van der Waals surface area (Å²) < 4.78 is 24.1. The van der Waals surface area contributed by atoms with Crippen LogP contribution in [0, 0.1) is 0 Å². The van der Waals surface area contributed by atoms with E-state index < -0.39 is 11.8 Å². The number of rotatable bonds is 6. The van der Waals surface area contributed by atoms with Gasteiger partial charge >= 0.3 is 6.03 Å². The van der Waals surface area contributed by atoms with Crippen molar-refractivity contribution in [2.24, 2.45) is 0 Å². The van der Waals surface area contributed by atoms with Gasteiger partial charge in [-0.3, -0.25) is 0 Å². The number of carbonyl (C=O) groups is 1. The van der Waals surface area contributed by atoms with Crippen molar-refractivity contribution >= 4 is 23.5 Å². The Labute approximate surface area is 108 Å². The van der Waals surface area contributed by atoms with E-state index >= 15 is 0 Å². The van der Waals surface area contributed by atoms with E-state index in [0.29, 0.717) is 35.3 Å². The number of carbonyl (C=O) groups excluding carboxylic acids is 1. The molecule has 0 radical (unpaired) electrons. The van der Waals surface area contributed by atoms with Crippen LogP contribution in [0.3, 0.4) is 0 Å². The summed E-state index contributed by atoms with van der Waals surface area (Å²) in [6.07, 6.45) is 0.484. The fraction of sp³-hybridized carbons (Fsp3) is 0.364. The first-order chi connectivity index (χ1) is 8.61. The Morgan fingerprint density at radius 2 is 2.00 bits per heavy atom. The second-order valence-electron chi connectivity index (χ2n) is 3.36. The van der Waals surface area contributed by atoms with Gasteiger partial charge in [0.1, 0.15) is 0 Å². The van der Waals surface area contributed by atoms with Crippen LogP contribution in [0.25, 0.3) is 0 Å². The lowest BCUT2D eigenvalue weighted by Gasteiger charge is -2.07. The first kappa shape index (κ1) is 14.7. The average Bonchev–Trinajstić information content (AvgIpc) is 2.31. The Balaban J connectivity index is 2.40. The summed E-state index contributed by atoms with van der Waals surface area (Å²) in [4.78, 5) is 11.8. The number of benzene rings is 1. The molecule has 1 aromatic carbocycles. The van der Waals surface area contributed by atoms with Crippen molar-refractivity contribution in [1.82, 2.24) is 5.32 Å². The Bertz CT molecular complexity index is 374. The van der Waals surface area contributed by atoms with Gasteiger partial charge in [-0.15, -0.1) is 0 Å². The predicted octanol–water partition coefficient (Wildman–Crippen LogP) is 2.51. The Morgan fingerprint density at radius 1 is 1.33 bits per heavy atom. The minimum Gasteiger partial charge on any atom is -0.396 e. The zero-order valence-electron chi connectivity index (χ0n) is 9.53. The van der Waals surface area contributed by atoms with Crippen LogP contribution in [0.15, 0.2) is 29.2 Å². The first-order valence-electron chi connectivity index (χ1n) is 5.32. The largest absolute Gasteiger partial charge is 0.396 e. The van der Waals surface area contributed by atoms with Gasteiger partial charge in [0.2, 0.25) is 0 Å². The maximum absolute atomic E-state index is 12.1. The van der Waals surface area contributed by atoms with E-state index in [-0.39, 0.29) is 6.61 Å². The molecule has 0 aliphatic carbocycles. The van der Waals surface area contributed by atoms with Gasteiger partial charge in [0.25, 0.3) is 5.76 Å². The molecule has 0 aliphatic rings. The third-order valence-corrected chi connectivity index (χ3v) is 2.68. The lowest BCUT2D eigenvalue weighted by atomic mass is 10.3. The smallest absolute Gasteiger partial charge is 0.319 e. The van der Waals surface area contributed by atoms with Gasteiger partial charge in [-0.1, -0.05) is 11.8 Å². The van der Waals surface area contributed by atoms with Crippen LogP contribution in [0.1, 0.15) is 6.42 Å². The number of alkyl halides is 2. The summed E-state index contributed by atoms with van der Waals surface area (Å²) in [5.41, 5.74) is 0.523. The topological polar surface area (TPSA) is 61.4 Å². The molecule has 7 heteroatoms. The molecule has 1 rings (SSSR count). The Kier molecular flexibility index (Phi) is 6.45. The number of thioether (sulfide) groups is 1. The number of aliphatic hydroxyl groups is 1. The summed E-state index contributed by atoms with van der Waals surface area (Å²) in [6.45, 7) is 0.390. The van der Waals surface area contributed by atoms with Crippen LogP contribution in [-0.2, 0) is 0 Å². The van der Waals surface area contributed by atoms with Crippen molar-refractivity contribution in [1.29, 1.82) is 0 Å². The van der Waals surface area contributed by atoms with Crippen molar-refractivity contribution in [2.45, 2.75) is 17.1 Å². The number of hydrogen-bond acceptors (Lipinski definition) is 3. The molecule has 0 fully saturated rings. The molecule has 2 amide bonds. The molecule has 4 nitrogen and oxygen atoms in total. The summed E-state index contributed by atoms with van der Waals surface area (Å²) in [5.74, 6) is -2.45. The third kappa shape index (κ3) is 5.83. The highest BCUT2D eigenvalue weighted by Crippen LogP contribution is 2.25. The van der Waals surface area contributed by atoms with E-state index in [0.717, 1.165) is 0 Å². The second-order valence-corrected chi connectivity index (χ2v) is 4.42. The summed E-state index contributed by atoms with van der Waals surface area (Å²) in [6, 6.07) is 5.74. The molecule has 0 spiro atoms. The fourth-order valence-electron chi connectivity index (χ4n) is 1.18. The van der Waals surface area contributed by atoms with E-state index in [1.54, 1.807) is 12.1 Å². The molecule has 1 aromatic rings. The van der Waals surface area contributed by atoms with Crippen molar-refractivity contribution in [3.8, 4) is 0 Å². The zero-order valence-corrected chi connectivity index (χ0v) is 10.3. The Morgan fingerprint density at radius 3 is 2.56 bits per heavy atom. The molecule has 0 atom stereocenters. The quantitative estimate of drug-likeness (QED) is 0.552. The number of aliphatic hydroxyl groups excluding tert-OH is 1. The summed E-state index contributed by atoms with van der Waals surface area (Å²) >= 11 is 0.453. The average molecular weight is 276 g/mol. The summed E-state index contributed by atoms with van der Waals surface area (Å²) in [5, 5.41) is 13.6. The highest BCUT2D eigenvalue weighted by molar-refractivity contribution is 7.99. The highest BCUT2D eigenvalue weighted by atomic mass is 32.2. The second kappa shape index (κ2) is 7.88. The molecule has 0 unspecified atom stereocenters. The molecule has 0 heterocycles. The number of anilines is 1.